The fraction of sp³-hybridized carbons (Fsp3) is 0.0526. The monoisotopic (exact) mass is 738 g/mol. The molecule has 0 aliphatic heterocycles. The summed E-state index contributed by atoms with van der Waals surface area (Å²) in [5.41, 5.74) is 16.9. The van der Waals surface area contributed by atoms with Gasteiger partial charge in [0.25, 0.3) is 0 Å². The predicted molar refractivity (Wildman–Crippen MR) is 246 cm³/mol. The van der Waals surface area contributed by atoms with Gasteiger partial charge in [-0.3, -0.25) is 0 Å². The largest absolute Gasteiger partial charge is 0.455 e. The molecule has 10 aromatic carbocycles. The molecule has 1 nitrogen and oxygen atoms in total. The van der Waals surface area contributed by atoms with Crippen LogP contribution in [0.5, 0.6) is 0 Å². The fourth-order valence-electron chi connectivity index (χ4n) is 10.3. The fourth-order valence-corrected chi connectivity index (χ4v) is 10.3. The Kier molecular flexibility index (Phi) is 7.04. The Bertz CT molecular complexity index is 3430. The Hall–Kier alpha value is -7.22. The third-order valence-electron chi connectivity index (χ3n) is 12.8. The van der Waals surface area contributed by atoms with Crippen molar-refractivity contribution in [3.05, 3.63) is 205 Å². The van der Waals surface area contributed by atoms with Crippen LogP contribution in [0.25, 0.3) is 110 Å². The first-order valence-corrected chi connectivity index (χ1v) is 20.3. The number of fused-ring (bicyclic) bond motifs is 9. The van der Waals surface area contributed by atoms with Gasteiger partial charge in [-0.15, -0.1) is 0 Å². The van der Waals surface area contributed by atoms with Gasteiger partial charge in [-0.05, 0) is 118 Å². The number of furan rings is 1. The van der Waals surface area contributed by atoms with Crippen molar-refractivity contribution in [1.82, 2.24) is 0 Å². The highest BCUT2D eigenvalue weighted by atomic mass is 16.3. The third-order valence-corrected chi connectivity index (χ3v) is 12.8. The molecule has 0 atom stereocenters. The van der Waals surface area contributed by atoms with Gasteiger partial charge in [0.2, 0.25) is 0 Å². The smallest absolute Gasteiger partial charge is 0.143 e. The van der Waals surface area contributed by atoms with Crippen molar-refractivity contribution in [3.63, 3.8) is 0 Å². The summed E-state index contributed by atoms with van der Waals surface area (Å²) in [6.45, 7) is 4.79. The summed E-state index contributed by atoms with van der Waals surface area (Å²) >= 11 is 0. The lowest BCUT2D eigenvalue weighted by atomic mass is 9.78. The van der Waals surface area contributed by atoms with Crippen LogP contribution in [0.4, 0.5) is 0 Å². The van der Waals surface area contributed by atoms with Crippen molar-refractivity contribution in [2.24, 2.45) is 0 Å². The highest BCUT2D eigenvalue weighted by Crippen LogP contribution is 2.54. The second-order valence-electron chi connectivity index (χ2n) is 16.3. The van der Waals surface area contributed by atoms with Crippen molar-refractivity contribution in [1.29, 1.82) is 0 Å². The topological polar surface area (TPSA) is 13.1 Å². The number of hydrogen-bond donors (Lipinski definition) is 0. The van der Waals surface area contributed by atoms with E-state index < -0.39 is 0 Å². The van der Waals surface area contributed by atoms with Gasteiger partial charge >= 0.3 is 0 Å². The molecular formula is C57H38O. The molecule has 0 spiro atoms. The van der Waals surface area contributed by atoms with Crippen LogP contribution in [0.3, 0.4) is 0 Å². The Morgan fingerprint density at radius 1 is 0.345 bits per heavy atom. The van der Waals surface area contributed by atoms with Crippen LogP contribution in [-0.4, -0.2) is 0 Å². The van der Waals surface area contributed by atoms with Gasteiger partial charge in [0, 0.05) is 21.8 Å². The minimum absolute atomic E-state index is 0.150. The van der Waals surface area contributed by atoms with Gasteiger partial charge in [0.05, 0.1) is 0 Å². The summed E-state index contributed by atoms with van der Waals surface area (Å²) in [6, 6.07) is 71.4. The molecule has 12 rings (SSSR count). The molecule has 0 N–H and O–H groups in total. The molecular weight excluding hydrogens is 701 g/mol. The lowest BCUT2D eigenvalue weighted by Gasteiger charge is -2.25. The normalized spacial score (nSPS) is 13.1. The summed E-state index contributed by atoms with van der Waals surface area (Å²) in [5.74, 6) is 0. The molecule has 1 aliphatic rings. The van der Waals surface area contributed by atoms with E-state index >= 15 is 0 Å². The van der Waals surface area contributed by atoms with Crippen molar-refractivity contribution < 1.29 is 4.42 Å². The Morgan fingerprint density at radius 2 is 0.862 bits per heavy atom. The summed E-state index contributed by atoms with van der Waals surface area (Å²) in [4.78, 5) is 0. The lowest BCUT2D eigenvalue weighted by molar-refractivity contribution is 0.663. The molecule has 0 saturated carbocycles. The number of para-hydroxylation sites is 2. The summed E-state index contributed by atoms with van der Waals surface area (Å²) in [7, 11) is 0. The first kappa shape index (κ1) is 33.0. The van der Waals surface area contributed by atoms with E-state index in [2.05, 4.69) is 202 Å². The average Bonchev–Trinajstić information content (AvgIpc) is 3.76. The van der Waals surface area contributed by atoms with E-state index in [-0.39, 0.29) is 5.41 Å². The SMILES string of the molecule is CC1(C)c2cc3ccccc3cc2-c2cccc(-c3cccc(-c4c5ccccc5c(-c5ccccc5-c5cccc6c5oc5ccccc56)c5ccccc45)c3)c21. The van der Waals surface area contributed by atoms with Crippen LogP contribution in [0.2, 0.25) is 0 Å². The summed E-state index contributed by atoms with van der Waals surface area (Å²) in [6.07, 6.45) is 0. The van der Waals surface area contributed by atoms with Gasteiger partial charge < -0.3 is 4.42 Å². The third kappa shape index (κ3) is 4.71. The van der Waals surface area contributed by atoms with Crippen molar-refractivity contribution in [2.45, 2.75) is 19.3 Å². The second kappa shape index (κ2) is 12.4. The minimum Gasteiger partial charge on any atom is -0.455 e. The van der Waals surface area contributed by atoms with Crippen LogP contribution in [0.1, 0.15) is 25.0 Å². The maximum absolute atomic E-state index is 6.61. The van der Waals surface area contributed by atoms with Crippen LogP contribution >= 0.6 is 0 Å². The molecule has 0 radical (unpaired) electrons. The summed E-state index contributed by atoms with van der Waals surface area (Å²) < 4.78 is 6.61. The molecule has 1 aromatic heterocycles. The highest BCUT2D eigenvalue weighted by Gasteiger charge is 2.38. The predicted octanol–water partition coefficient (Wildman–Crippen LogP) is 16.0. The number of rotatable bonds is 4. The van der Waals surface area contributed by atoms with E-state index in [9.17, 15) is 0 Å². The van der Waals surface area contributed by atoms with E-state index in [1.54, 1.807) is 0 Å². The standard InChI is InChI=1S/C57H38O/c1-57(2)51-34-36-17-4-3-16-35(36)33-50(51)47-28-14-27-39(55(47)57)37-18-13-19-38(32-37)53-43-23-7-9-25-45(43)54(46-26-10-8-24-44(46)53)42-22-6-5-20-40(42)48-29-15-30-49-41-21-11-12-31-52(41)58-56(48)49/h3-34H,1-2H3. The maximum Gasteiger partial charge on any atom is 0.143 e. The van der Waals surface area contributed by atoms with Gasteiger partial charge in [0.1, 0.15) is 11.2 Å². The summed E-state index contributed by atoms with van der Waals surface area (Å²) in [5, 5.41) is 9.80. The Labute approximate surface area is 337 Å². The zero-order valence-corrected chi connectivity index (χ0v) is 32.4. The molecule has 0 unspecified atom stereocenters. The second-order valence-corrected chi connectivity index (χ2v) is 16.3. The molecule has 58 heavy (non-hydrogen) atoms. The van der Waals surface area contributed by atoms with E-state index in [0.717, 1.165) is 33.1 Å². The van der Waals surface area contributed by atoms with Crippen LogP contribution < -0.4 is 0 Å². The first-order chi connectivity index (χ1) is 28.5. The van der Waals surface area contributed by atoms with Gasteiger partial charge in [0.15, 0.2) is 0 Å². The average molecular weight is 739 g/mol. The van der Waals surface area contributed by atoms with E-state index in [1.165, 1.54) is 88.0 Å². The maximum atomic E-state index is 6.61. The lowest BCUT2D eigenvalue weighted by Crippen LogP contribution is -2.16. The first-order valence-electron chi connectivity index (χ1n) is 20.3. The van der Waals surface area contributed by atoms with Crippen molar-refractivity contribution in [2.75, 3.05) is 0 Å². The van der Waals surface area contributed by atoms with Crippen molar-refractivity contribution >= 4 is 54.3 Å². The van der Waals surface area contributed by atoms with Crippen LogP contribution in [0.15, 0.2) is 199 Å². The van der Waals surface area contributed by atoms with Gasteiger partial charge in [-0.2, -0.15) is 0 Å². The van der Waals surface area contributed by atoms with E-state index in [4.69, 9.17) is 4.42 Å². The van der Waals surface area contributed by atoms with Crippen LogP contribution in [-0.2, 0) is 5.41 Å². The van der Waals surface area contributed by atoms with E-state index in [0.29, 0.717) is 0 Å². The Balaban J connectivity index is 1.07. The minimum atomic E-state index is -0.150. The number of benzene rings is 10. The molecule has 1 heterocycles. The van der Waals surface area contributed by atoms with E-state index in [1.807, 2.05) is 6.07 Å². The zero-order valence-electron chi connectivity index (χ0n) is 32.4. The molecule has 0 saturated heterocycles. The zero-order chi connectivity index (χ0) is 38.5. The van der Waals surface area contributed by atoms with Gasteiger partial charge in [-0.1, -0.05) is 184 Å². The molecule has 0 amide bonds. The quantitative estimate of drug-likeness (QED) is 0.164. The van der Waals surface area contributed by atoms with Crippen LogP contribution in [0, 0.1) is 0 Å². The molecule has 272 valence electrons. The number of hydrogen-bond acceptors (Lipinski definition) is 1. The molecule has 11 aromatic rings. The molecule has 1 aliphatic carbocycles. The highest BCUT2D eigenvalue weighted by molar-refractivity contribution is 6.23. The molecule has 0 bridgehead atoms. The van der Waals surface area contributed by atoms with Gasteiger partial charge in [-0.25, -0.2) is 0 Å². The Morgan fingerprint density at radius 3 is 1.62 bits per heavy atom. The molecule has 1 heteroatoms. The van der Waals surface area contributed by atoms with Crippen molar-refractivity contribution in [3.8, 4) is 55.6 Å². The molecule has 0 fully saturated rings.